The van der Waals surface area contributed by atoms with Crippen molar-refractivity contribution in [3.8, 4) is 0 Å². The SMILES string of the molecule is C=CC(O)c1cncnc1C. The number of hydrogen-bond donors (Lipinski definition) is 1. The number of aromatic nitrogens is 2. The Labute approximate surface area is 65.4 Å². The predicted octanol–water partition coefficient (Wildman–Crippen LogP) is 1.00. The normalized spacial score (nSPS) is 12.5. The maximum absolute atomic E-state index is 9.31. The van der Waals surface area contributed by atoms with Gasteiger partial charge >= 0.3 is 0 Å². The molecular weight excluding hydrogens is 140 g/mol. The molecule has 1 atom stereocenters. The van der Waals surface area contributed by atoms with Crippen LogP contribution in [0.5, 0.6) is 0 Å². The third-order valence-electron chi connectivity index (χ3n) is 1.49. The summed E-state index contributed by atoms with van der Waals surface area (Å²) in [6.07, 6.45) is 3.84. The van der Waals surface area contributed by atoms with Crippen LogP contribution in [0.4, 0.5) is 0 Å². The van der Waals surface area contributed by atoms with Gasteiger partial charge in [0.2, 0.25) is 0 Å². The van der Waals surface area contributed by atoms with Gasteiger partial charge in [-0.15, -0.1) is 6.58 Å². The summed E-state index contributed by atoms with van der Waals surface area (Å²) >= 11 is 0. The number of aliphatic hydroxyl groups is 1. The molecule has 0 bridgehead atoms. The van der Waals surface area contributed by atoms with Crippen molar-refractivity contribution in [2.45, 2.75) is 13.0 Å². The highest BCUT2D eigenvalue weighted by molar-refractivity contribution is 5.20. The van der Waals surface area contributed by atoms with Gasteiger partial charge in [-0.2, -0.15) is 0 Å². The molecule has 0 aliphatic heterocycles. The molecule has 3 heteroatoms. The Morgan fingerprint density at radius 3 is 3.00 bits per heavy atom. The Morgan fingerprint density at radius 2 is 2.45 bits per heavy atom. The third-order valence-corrected chi connectivity index (χ3v) is 1.49. The second-order valence-corrected chi connectivity index (χ2v) is 2.24. The Balaban J connectivity index is 3.02. The van der Waals surface area contributed by atoms with E-state index in [1.54, 1.807) is 6.20 Å². The molecule has 1 rings (SSSR count). The molecule has 1 N–H and O–H groups in total. The van der Waals surface area contributed by atoms with E-state index in [1.165, 1.54) is 12.4 Å². The minimum Gasteiger partial charge on any atom is -0.384 e. The van der Waals surface area contributed by atoms with Crippen LogP contribution in [0.2, 0.25) is 0 Å². The van der Waals surface area contributed by atoms with Crippen LogP contribution >= 0.6 is 0 Å². The molecule has 0 radical (unpaired) electrons. The van der Waals surface area contributed by atoms with Crippen LogP contribution < -0.4 is 0 Å². The van der Waals surface area contributed by atoms with Crippen molar-refractivity contribution >= 4 is 0 Å². The first-order chi connectivity index (χ1) is 5.25. The summed E-state index contributed by atoms with van der Waals surface area (Å²) < 4.78 is 0. The van der Waals surface area contributed by atoms with Crippen molar-refractivity contribution in [3.63, 3.8) is 0 Å². The summed E-state index contributed by atoms with van der Waals surface area (Å²) in [6.45, 7) is 5.30. The first-order valence-corrected chi connectivity index (χ1v) is 3.33. The van der Waals surface area contributed by atoms with E-state index in [0.717, 1.165) is 5.69 Å². The van der Waals surface area contributed by atoms with Gasteiger partial charge in [-0.1, -0.05) is 6.08 Å². The number of hydrogen-bond acceptors (Lipinski definition) is 3. The molecule has 0 aromatic carbocycles. The first kappa shape index (κ1) is 7.88. The van der Waals surface area contributed by atoms with Crippen molar-refractivity contribution in [3.05, 3.63) is 36.4 Å². The summed E-state index contributed by atoms with van der Waals surface area (Å²) in [5, 5.41) is 9.31. The van der Waals surface area contributed by atoms with E-state index in [1.807, 2.05) is 6.92 Å². The Kier molecular flexibility index (Phi) is 2.33. The van der Waals surface area contributed by atoms with Crippen LogP contribution in [0.15, 0.2) is 25.2 Å². The lowest BCUT2D eigenvalue weighted by Gasteiger charge is -2.05. The quantitative estimate of drug-likeness (QED) is 0.640. The highest BCUT2D eigenvalue weighted by atomic mass is 16.3. The molecule has 0 spiro atoms. The standard InChI is InChI=1S/C8H10N2O/c1-3-8(11)7-4-9-5-10-6(7)2/h3-5,8,11H,1H2,2H3. The third kappa shape index (κ3) is 1.62. The maximum Gasteiger partial charge on any atom is 0.115 e. The van der Waals surface area contributed by atoms with E-state index in [-0.39, 0.29) is 0 Å². The van der Waals surface area contributed by atoms with Crippen LogP contribution in [0, 0.1) is 6.92 Å². The first-order valence-electron chi connectivity index (χ1n) is 3.33. The summed E-state index contributed by atoms with van der Waals surface area (Å²) in [6, 6.07) is 0. The van der Waals surface area contributed by atoms with Gasteiger partial charge in [0.1, 0.15) is 12.4 Å². The van der Waals surface area contributed by atoms with Crippen molar-refractivity contribution in [2.24, 2.45) is 0 Å². The number of aliphatic hydroxyl groups excluding tert-OH is 1. The lowest BCUT2D eigenvalue weighted by Crippen LogP contribution is -1.98. The van der Waals surface area contributed by atoms with Gasteiger partial charge in [-0.3, -0.25) is 0 Å². The molecule has 3 nitrogen and oxygen atoms in total. The molecule has 11 heavy (non-hydrogen) atoms. The molecule has 1 heterocycles. The van der Waals surface area contributed by atoms with Gasteiger partial charge in [-0.25, -0.2) is 9.97 Å². The van der Waals surface area contributed by atoms with E-state index in [0.29, 0.717) is 5.56 Å². The second kappa shape index (κ2) is 3.25. The fraction of sp³-hybridized carbons (Fsp3) is 0.250. The fourth-order valence-corrected chi connectivity index (χ4v) is 0.819. The summed E-state index contributed by atoms with van der Waals surface area (Å²) in [4.78, 5) is 7.72. The van der Waals surface area contributed by atoms with Crippen LogP contribution in [-0.2, 0) is 0 Å². The summed E-state index contributed by atoms with van der Waals surface area (Å²) in [5.41, 5.74) is 1.50. The average molecular weight is 150 g/mol. The number of nitrogens with zero attached hydrogens (tertiary/aromatic N) is 2. The van der Waals surface area contributed by atoms with Crippen molar-refractivity contribution in [1.82, 2.24) is 9.97 Å². The van der Waals surface area contributed by atoms with E-state index >= 15 is 0 Å². The van der Waals surface area contributed by atoms with Gasteiger partial charge in [-0.05, 0) is 6.92 Å². The zero-order valence-electron chi connectivity index (χ0n) is 6.36. The molecule has 1 aromatic heterocycles. The van der Waals surface area contributed by atoms with Crippen molar-refractivity contribution < 1.29 is 5.11 Å². The number of aryl methyl sites for hydroxylation is 1. The molecule has 58 valence electrons. The van der Waals surface area contributed by atoms with Gasteiger partial charge in [0.05, 0.1) is 0 Å². The molecule has 0 fully saturated rings. The van der Waals surface area contributed by atoms with Gasteiger partial charge in [0.25, 0.3) is 0 Å². The zero-order valence-corrected chi connectivity index (χ0v) is 6.36. The predicted molar refractivity (Wildman–Crippen MR) is 41.9 cm³/mol. The van der Waals surface area contributed by atoms with Crippen LogP contribution in [-0.4, -0.2) is 15.1 Å². The van der Waals surface area contributed by atoms with Gasteiger partial charge in [0.15, 0.2) is 0 Å². The Hall–Kier alpha value is -1.22. The highest BCUT2D eigenvalue weighted by Gasteiger charge is 2.05. The summed E-state index contributed by atoms with van der Waals surface area (Å²) in [5.74, 6) is 0. The zero-order chi connectivity index (χ0) is 8.27. The minimum atomic E-state index is -0.656. The molecule has 0 saturated carbocycles. The van der Waals surface area contributed by atoms with Crippen LogP contribution in [0.25, 0.3) is 0 Å². The average Bonchev–Trinajstić information content (AvgIpc) is 2.04. The molecule has 0 aliphatic rings. The van der Waals surface area contributed by atoms with Gasteiger partial charge in [0, 0.05) is 17.5 Å². The number of rotatable bonds is 2. The monoisotopic (exact) mass is 150 g/mol. The Bertz CT molecular complexity index is 260. The smallest absolute Gasteiger partial charge is 0.115 e. The van der Waals surface area contributed by atoms with Crippen LogP contribution in [0.1, 0.15) is 17.4 Å². The fourth-order valence-electron chi connectivity index (χ4n) is 0.819. The molecule has 0 amide bonds. The second-order valence-electron chi connectivity index (χ2n) is 2.24. The molecular formula is C8H10N2O. The highest BCUT2D eigenvalue weighted by Crippen LogP contribution is 2.13. The molecule has 1 unspecified atom stereocenters. The molecule has 0 aliphatic carbocycles. The van der Waals surface area contributed by atoms with E-state index in [4.69, 9.17) is 0 Å². The van der Waals surface area contributed by atoms with Crippen molar-refractivity contribution in [2.75, 3.05) is 0 Å². The lowest BCUT2D eigenvalue weighted by molar-refractivity contribution is 0.227. The lowest BCUT2D eigenvalue weighted by atomic mass is 10.1. The Morgan fingerprint density at radius 1 is 1.73 bits per heavy atom. The minimum absolute atomic E-state index is 0.656. The largest absolute Gasteiger partial charge is 0.384 e. The van der Waals surface area contributed by atoms with E-state index in [2.05, 4.69) is 16.5 Å². The summed E-state index contributed by atoms with van der Waals surface area (Å²) in [7, 11) is 0. The van der Waals surface area contributed by atoms with E-state index in [9.17, 15) is 5.11 Å². The van der Waals surface area contributed by atoms with Crippen molar-refractivity contribution in [1.29, 1.82) is 0 Å². The molecule has 1 aromatic rings. The topological polar surface area (TPSA) is 46.0 Å². The van der Waals surface area contributed by atoms with Gasteiger partial charge < -0.3 is 5.11 Å². The van der Waals surface area contributed by atoms with E-state index < -0.39 is 6.10 Å². The maximum atomic E-state index is 9.31. The van der Waals surface area contributed by atoms with Crippen LogP contribution in [0.3, 0.4) is 0 Å². The molecule has 0 saturated heterocycles.